The van der Waals surface area contributed by atoms with Crippen molar-refractivity contribution in [3.63, 3.8) is 0 Å². The number of aliphatic hydroxyl groups is 1. The highest BCUT2D eigenvalue weighted by atomic mass is 19.1. The van der Waals surface area contributed by atoms with E-state index in [0.29, 0.717) is 112 Å². The molecule has 2 atom stereocenters. The molecule has 4 aliphatic heterocycles. The summed E-state index contributed by atoms with van der Waals surface area (Å²) in [6.45, 7) is 7.31. The van der Waals surface area contributed by atoms with Crippen LogP contribution in [0.4, 0.5) is 25.8 Å². The van der Waals surface area contributed by atoms with Crippen LogP contribution in [0.15, 0.2) is 83.9 Å². The summed E-state index contributed by atoms with van der Waals surface area (Å²) in [5.41, 5.74) is 6.96. The van der Waals surface area contributed by atoms with E-state index >= 15 is 8.78 Å². The molecule has 18 heteroatoms. The molecule has 2 saturated heterocycles. The molecule has 70 heavy (non-hydrogen) atoms. The number of benzene rings is 2. The Labute approximate surface area is 403 Å². The molecule has 2 aromatic carbocycles. The fourth-order valence-electron chi connectivity index (χ4n) is 10.7. The highest BCUT2D eigenvalue weighted by Gasteiger charge is 2.36. The van der Waals surface area contributed by atoms with E-state index in [1.54, 1.807) is 53.2 Å². The summed E-state index contributed by atoms with van der Waals surface area (Å²) in [6, 6.07) is 16.6. The molecule has 2 fully saturated rings. The van der Waals surface area contributed by atoms with E-state index in [1.807, 2.05) is 41.8 Å². The van der Waals surface area contributed by atoms with Crippen LogP contribution in [0.5, 0.6) is 0 Å². The van der Waals surface area contributed by atoms with E-state index in [1.165, 1.54) is 12.1 Å². The summed E-state index contributed by atoms with van der Waals surface area (Å²) in [7, 11) is 3.77. The summed E-state index contributed by atoms with van der Waals surface area (Å²) in [5.74, 6) is -1.87. The molecule has 16 nitrogen and oxygen atoms in total. The third-order valence-electron chi connectivity index (χ3n) is 14.7. The lowest BCUT2D eigenvalue weighted by atomic mass is 9.86. The lowest BCUT2D eigenvalue weighted by molar-refractivity contribution is -0.133. The molecule has 4 aliphatic rings. The molecule has 6 aromatic rings. The van der Waals surface area contributed by atoms with Crippen LogP contribution in [0, 0.1) is 18.6 Å². The molecule has 4 N–H and O–H groups in total. The van der Waals surface area contributed by atoms with Gasteiger partial charge >= 0.3 is 0 Å². The molecule has 10 rings (SSSR count). The number of fused-ring (bicyclic) bond motifs is 2. The fourth-order valence-corrected chi connectivity index (χ4v) is 10.7. The molecule has 3 amide bonds. The number of aryl methyl sites for hydroxylation is 2. The largest absolute Gasteiger partial charge is 0.389 e. The first-order valence-corrected chi connectivity index (χ1v) is 24.0. The maximum Gasteiger partial charge on any atom is 0.257 e. The van der Waals surface area contributed by atoms with Gasteiger partial charge in [0.1, 0.15) is 23.3 Å². The smallest absolute Gasteiger partial charge is 0.257 e. The van der Waals surface area contributed by atoms with Crippen LogP contribution in [-0.4, -0.2) is 108 Å². The van der Waals surface area contributed by atoms with Crippen molar-refractivity contribution in [1.82, 2.24) is 39.0 Å². The maximum absolute atomic E-state index is 16.2. The van der Waals surface area contributed by atoms with Crippen LogP contribution in [-0.2, 0) is 36.1 Å². The third kappa shape index (κ3) is 8.96. The van der Waals surface area contributed by atoms with E-state index < -0.39 is 29.2 Å². The second-order valence-corrected chi connectivity index (χ2v) is 19.1. The van der Waals surface area contributed by atoms with Crippen molar-refractivity contribution in [3.05, 3.63) is 135 Å². The Morgan fingerprint density at radius 1 is 0.943 bits per heavy atom. The number of hydrogen-bond donors (Lipinski definition) is 4. The van der Waals surface area contributed by atoms with Crippen LogP contribution in [0.25, 0.3) is 22.3 Å². The SMILES string of the molecule is CNc1ccn(-c2ccnc3c2cc([C@H](C)N2CC=C(c4c(C)cc(C(=O)N5CCn6nc(CC7(O)CCN(c8ccc(NC9CCC(=O)NC9=O)cc8F)CC7)cc6C5)cc4F)CC2)n3C)c(=O)c1. The second-order valence-electron chi connectivity index (χ2n) is 19.1. The van der Waals surface area contributed by atoms with Gasteiger partial charge in [0, 0.05) is 118 Å². The topological polar surface area (TPSA) is 175 Å². The van der Waals surface area contributed by atoms with E-state index in [2.05, 4.69) is 49.5 Å². The Morgan fingerprint density at radius 2 is 1.76 bits per heavy atom. The predicted molar refractivity (Wildman–Crippen MR) is 263 cm³/mol. The first-order chi connectivity index (χ1) is 33.6. The summed E-state index contributed by atoms with van der Waals surface area (Å²) in [5, 5.41) is 25.6. The van der Waals surface area contributed by atoms with Gasteiger partial charge in [-0.05, 0) is 105 Å². The van der Waals surface area contributed by atoms with Crippen LogP contribution >= 0.6 is 0 Å². The van der Waals surface area contributed by atoms with Crippen LogP contribution in [0.1, 0.15) is 83.6 Å². The fraction of sp³-hybridized carbons (Fsp3) is 0.385. The van der Waals surface area contributed by atoms with Gasteiger partial charge in [0.05, 0.1) is 41.5 Å². The first kappa shape index (κ1) is 46.5. The van der Waals surface area contributed by atoms with E-state index in [9.17, 15) is 24.3 Å². The lowest BCUT2D eigenvalue weighted by Crippen LogP contribution is -2.47. The minimum absolute atomic E-state index is 0.00198. The molecular formula is C52H57F2N11O5. The zero-order valence-corrected chi connectivity index (χ0v) is 39.8. The van der Waals surface area contributed by atoms with Gasteiger partial charge in [-0.15, -0.1) is 0 Å². The number of hydrogen-bond acceptors (Lipinski definition) is 11. The number of pyridine rings is 2. The Morgan fingerprint density at radius 3 is 2.47 bits per heavy atom. The Bertz CT molecular complexity index is 3130. The van der Waals surface area contributed by atoms with Gasteiger partial charge in [0.2, 0.25) is 11.8 Å². The van der Waals surface area contributed by atoms with Crippen LogP contribution in [0.2, 0.25) is 0 Å². The number of imide groups is 1. The highest BCUT2D eigenvalue weighted by Crippen LogP contribution is 2.36. The number of carbonyl (C=O) groups is 3. The average Bonchev–Trinajstić information content (AvgIpc) is 3.91. The Balaban J connectivity index is 0.751. The molecule has 1 unspecified atom stereocenters. The van der Waals surface area contributed by atoms with Gasteiger partial charge in [-0.2, -0.15) is 5.10 Å². The van der Waals surface area contributed by atoms with Crippen molar-refractivity contribution >= 4 is 51.4 Å². The van der Waals surface area contributed by atoms with Crippen LogP contribution < -0.4 is 26.4 Å². The van der Waals surface area contributed by atoms with E-state index in [0.717, 1.165) is 39.4 Å². The van der Waals surface area contributed by atoms with Gasteiger partial charge in [-0.1, -0.05) is 6.08 Å². The van der Waals surface area contributed by atoms with Crippen molar-refractivity contribution < 1.29 is 28.3 Å². The molecule has 4 aromatic heterocycles. The van der Waals surface area contributed by atoms with Gasteiger partial charge in [0.15, 0.2) is 0 Å². The number of rotatable bonds is 11. The molecule has 0 saturated carbocycles. The van der Waals surface area contributed by atoms with Gasteiger partial charge < -0.3 is 30.1 Å². The minimum Gasteiger partial charge on any atom is -0.389 e. The average molecular weight is 954 g/mol. The zero-order chi connectivity index (χ0) is 49.0. The van der Waals surface area contributed by atoms with E-state index in [-0.39, 0.29) is 29.8 Å². The molecule has 0 radical (unpaired) electrons. The monoisotopic (exact) mass is 953 g/mol. The van der Waals surface area contributed by atoms with Crippen molar-refractivity contribution in [2.75, 3.05) is 55.3 Å². The summed E-state index contributed by atoms with van der Waals surface area (Å²) >= 11 is 0. The van der Waals surface area contributed by atoms with E-state index in [4.69, 9.17) is 5.10 Å². The third-order valence-corrected chi connectivity index (χ3v) is 14.7. The number of piperidine rings is 2. The zero-order valence-electron chi connectivity index (χ0n) is 39.8. The van der Waals surface area contributed by atoms with Crippen LogP contribution in [0.3, 0.4) is 0 Å². The minimum atomic E-state index is -1.05. The Hall–Kier alpha value is -7.18. The first-order valence-electron chi connectivity index (χ1n) is 24.0. The van der Waals surface area contributed by atoms with Gasteiger partial charge in [0.25, 0.3) is 11.5 Å². The lowest BCUT2D eigenvalue weighted by Gasteiger charge is -2.39. The molecule has 0 bridgehead atoms. The highest BCUT2D eigenvalue weighted by molar-refractivity contribution is 6.01. The summed E-state index contributed by atoms with van der Waals surface area (Å²) in [4.78, 5) is 61.3. The molecule has 0 aliphatic carbocycles. The number of nitrogens with one attached hydrogen (secondary N) is 3. The van der Waals surface area contributed by atoms with Gasteiger partial charge in [-0.3, -0.25) is 38.6 Å². The van der Waals surface area contributed by atoms with Crippen molar-refractivity contribution in [3.8, 4) is 5.69 Å². The summed E-state index contributed by atoms with van der Waals surface area (Å²) < 4.78 is 37.1. The number of anilines is 3. The number of nitrogens with zero attached hydrogens (tertiary/aromatic N) is 8. The van der Waals surface area contributed by atoms with Crippen molar-refractivity contribution in [1.29, 1.82) is 0 Å². The number of halogens is 2. The number of aromatic nitrogens is 5. The van der Waals surface area contributed by atoms with Crippen molar-refractivity contribution in [2.24, 2.45) is 7.05 Å². The standard InChI is InChI=1S/C52H57F2N11O5/c1-31-23-34(24-41(54)48(31)33-10-16-61(17-11-33)32(2)45-28-39-43(9-15-56-49(39)60(45)4)64-18-12-35(55-3)27-47(64)67)51(69)63-21-22-65-38(30-63)25-37(59-65)29-52(70)13-19-62(20-14-52)44-7-5-36(26-40(44)53)57-42-6-8-46(66)58-50(42)68/h5,7,9-10,12,15,18,23-28,32,42,55,57,70H,6,8,11,13-14,16-17,19-22,29-30H2,1-4H3,(H,58,66,68)/t32-,42?/m0/s1. The molecular weight excluding hydrogens is 897 g/mol. The number of amides is 3. The summed E-state index contributed by atoms with van der Waals surface area (Å²) in [6.07, 6.45) is 7.85. The molecule has 364 valence electrons. The molecule has 8 heterocycles. The quantitative estimate of drug-likeness (QED) is 0.115. The van der Waals surface area contributed by atoms with Gasteiger partial charge in [-0.25, -0.2) is 13.8 Å². The number of carbonyl (C=O) groups excluding carboxylic acids is 3. The predicted octanol–water partition coefficient (Wildman–Crippen LogP) is 5.85. The maximum atomic E-state index is 16.2. The second kappa shape index (κ2) is 18.6. The normalized spacial score (nSPS) is 18.9. The van der Waals surface area contributed by atoms with Crippen molar-refractivity contribution in [2.45, 2.75) is 83.1 Å². The molecule has 0 spiro atoms. The Kier molecular flexibility index (Phi) is 12.4.